The quantitative estimate of drug-likeness (QED) is 0.599. The molecule has 2 rings (SSSR count). The molecule has 0 aromatic carbocycles. The molecular formula is C9H13BN2O3. The molecule has 1 saturated heterocycles. The highest BCUT2D eigenvalue weighted by Gasteiger charge is 2.15. The van der Waals surface area contributed by atoms with Crippen molar-refractivity contribution < 1.29 is 29.9 Å². The number of nitrogens with zero attached hydrogens (tertiary/aromatic N) is 2. The lowest BCUT2D eigenvalue weighted by Crippen LogP contribution is -2.38. The largest absolute Gasteiger partial charge is 0.490 e. The number of hydrogen-bond acceptors (Lipinski definition) is 5. The topological polar surface area (TPSA) is 65.8 Å². The third kappa shape index (κ3) is 2.47. The van der Waals surface area contributed by atoms with Gasteiger partial charge in [-0.25, -0.2) is 0 Å². The maximum absolute atomic E-state index is 9.30. The normalized spacial score (nSPS) is 40.7. The predicted molar refractivity (Wildman–Crippen MR) is 57.1 cm³/mol. The SMILES string of the molecule is [2H]c1nc([2H])c(N2C([2H])([2H])C([2H])([2H])OC([2H])([2H])C2([2H])[2H])c([2H])c1B(O)O. The van der Waals surface area contributed by atoms with Gasteiger partial charge < -0.3 is 19.7 Å². The second kappa shape index (κ2) is 4.61. The number of rotatable bonds is 2. The number of hydrogen-bond donors (Lipinski definition) is 2. The van der Waals surface area contributed by atoms with E-state index in [2.05, 4.69) is 9.72 Å². The van der Waals surface area contributed by atoms with Gasteiger partial charge in [-0.3, -0.25) is 4.98 Å². The van der Waals surface area contributed by atoms with Gasteiger partial charge in [0, 0.05) is 24.6 Å². The van der Waals surface area contributed by atoms with Crippen LogP contribution in [0.4, 0.5) is 5.69 Å². The minimum absolute atomic E-state index is 0.160. The van der Waals surface area contributed by atoms with Crippen molar-refractivity contribution in [2.24, 2.45) is 0 Å². The second-order valence-corrected chi connectivity index (χ2v) is 2.46. The smallest absolute Gasteiger partial charge is 0.423 e. The van der Waals surface area contributed by atoms with Gasteiger partial charge in [0.05, 0.1) is 40.1 Å². The molecule has 5 nitrogen and oxygen atoms in total. The summed E-state index contributed by atoms with van der Waals surface area (Å²) in [6.45, 7) is -13.7. The van der Waals surface area contributed by atoms with E-state index in [1.54, 1.807) is 0 Å². The summed E-state index contributed by atoms with van der Waals surface area (Å²) in [6, 6.07) is -1.08. The molecule has 0 saturated carbocycles. The fourth-order valence-electron chi connectivity index (χ4n) is 0.855. The summed E-state index contributed by atoms with van der Waals surface area (Å²) in [7, 11) is -2.44. The van der Waals surface area contributed by atoms with Crippen molar-refractivity contribution in [1.82, 2.24) is 4.98 Å². The van der Waals surface area contributed by atoms with Gasteiger partial charge in [0.1, 0.15) is 0 Å². The van der Waals surface area contributed by atoms with Gasteiger partial charge in [-0.1, -0.05) is 0 Å². The summed E-state index contributed by atoms with van der Waals surface area (Å²) in [5, 5.41) is 18.6. The maximum atomic E-state index is 9.30. The van der Waals surface area contributed by atoms with E-state index < -0.39 is 62.8 Å². The molecule has 1 aliphatic rings. The number of pyridine rings is 1. The van der Waals surface area contributed by atoms with Crippen LogP contribution in [0.3, 0.4) is 0 Å². The van der Waals surface area contributed by atoms with E-state index in [-0.39, 0.29) is 4.90 Å². The first kappa shape index (κ1) is 3.45. The third-order valence-corrected chi connectivity index (χ3v) is 1.49. The Balaban J connectivity index is 2.89. The molecule has 0 atom stereocenters. The van der Waals surface area contributed by atoms with Crippen molar-refractivity contribution in [2.45, 2.75) is 0 Å². The molecule has 2 N–H and O–H groups in total. The number of morpholine rings is 1. The zero-order chi connectivity index (χ0) is 20.5. The third-order valence-electron chi connectivity index (χ3n) is 1.49. The Hall–Kier alpha value is -1.11. The Labute approximate surface area is 104 Å². The summed E-state index contributed by atoms with van der Waals surface area (Å²) >= 11 is 0. The minimum atomic E-state index is -3.43. The lowest BCUT2D eigenvalue weighted by atomic mass is 9.81. The summed E-state index contributed by atoms with van der Waals surface area (Å²) in [6.07, 6.45) is -1.95. The van der Waals surface area contributed by atoms with E-state index in [0.717, 1.165) is 0 Å². The van der Waals surface area contributed by atoms with E-state index in [9.17, 15) is 10.0 Å². The van der Waals surface area contributed by atoms with E-state index in [1.165, 1.54) is 0 Å². The monoisotopic (exact) mass is 219 g/mol. The van der Waals surface area contributed by atoms with Crippen LogP contribution in [0, 0.1) is 0 Å². The van der Waals surface area contributed by atoms with Gasteiger partial charge in [-0.2, -0.15) is 0 Å². The van der Waals surface area contributed by atoms with Crippen LogP contribution in [-0.2, 0) is 4.74 Å². The summed E-state index contributed by atoms with van der Waals surface area (Å²) in [4.78, 5) is 3.13. The molecule has 0 radical (unpaired) electrons. The molecule has 0 spiro atoms. The summed E-state index contributed by atoms with van der Waals surface area (Å²) in [5.41, 5.74) is -1.94. The molecule has 6 heteroatoms. The highest BCUT2D eigenvalue weighted by Crippen LogP contribution is 2.12. The molecule has 1 aliphatic heterocycles. The molecule has 0 aliphatic carbocycles. The fraction of sp³-hybridized carbons (Fsp3) is 0.444. The van der Waals surface area contributed by atoms with Crippen LogP contribution < -0.4 is 10.4 Å². The second-order valence-electron chi connectivity index (χ2n) is 2.46. The van der Waals surface area contributed by atoms with Crippen molar-refractivity contribution in [3.63, 3.8) is 0 Å². The maximum Gasteiger partial charge on any atom is 0.490 e. The minimum Gasteiger partial charge on any atom is -0.423 e. The first-order chi connectivity index (χ1) is 11.5. The number of ether oxygens (including phenoxy) is 1. The zero-order valence-electron chi connectivity index (χ0n) is 18.3. The molecule has 80 valence electrons. The molecule has 2 heterocycles. The van der Waals surface area contributed by atoms with E-state index >= 15 is 0 Å². The number of anilines is 1. The van der Waals surface area contributed by atoms with Crippen LogP contribution in [0.5, 0.6) is 0 Å². The zero-order valence-corrected chi connectivity index (χ0v) is 7.27. The lowest BCUT2D eigenvalue weighted by Gasteiger charge is -2.28. The average molecular weight is 219 g/mol. The molecule has 15 heavy (non-hydrogen) atoms. The standard InChI is InChI=1S/C9H13BN2O3/c13-10(14)8-5-9(7-11-6-8)12-1-3-15-4-2-12/h5-7,13-14H,1-4H2/i1D2,2D2,3D2,4D2,5D,6D,7D. The molecule has 0 unspecified atom stereocenters. The Bertz CT molecular complexity index is 718. The molecule has 0 amide bonds. The average Bonchev–Trinajstić information content (AvgIpc) is 2.39. The van der Waals surface area contributed by atoms with Crippen LogP contribution in [0.2, 0.25) is 0 Å². The highest BCUT2D eigenvalue weighted by atomic mass is 16.5. The molecule has 1 fully saturated rings. The fourth-order valence-corrected chi connectivity index (χ4v) is 0.855. The van der Waals surface area contributed by atoms with Crippen molar-refractivity contribution in [3.05, 3.63) is 18.4 Å². The first-order valence-electron chi connectivity index (χ1n) is 9.33. The van der Waals surface area contributed by atoms with Crippen LogP contribution in [0.15, 0.2) is 18.4 Å². The molecule has 1 aromatic rings. The van der Waals surface area contributed by atoms with E-state index in [4.69, 9.17) is 15.1 Å². The Kier molecular flexibility index (Phi) is 1.06. The highest BCUT2D eigenvalue weighted by molar-refractivity contribution is 6.58. The van der Waals surface area contributed by atoms with Gasteiger partial charge in [0.15, 0.2) is 0 Å². The van der Waals surface area contributed by atoms with Crippen LogP contribution in [-0.4, -0.2) is 48.3 Å². The molecule has 1 aromatic heterocycles. The van der Waals surface area contributed by atoms with Crippen LogP contribution in [0.1, 0.15) is 15.1 Å². The van der Waals surface area contributed by atoms with Gasteiger partial charge in [0.2, 0.25) is 0 Å². The summed E-state index contributed by atoms with van der Waals surface area (Å²) < 4.78 is 89.5. The molecule has 0 bridgehead atoms. The predicted octanol–water partition coefficient (Wildman–Crippen LogP) is -1.40. The van der Waals surface area contributed by atoms with E-state index in [1.807, 2.05) is 0 Å². The number of aromatic nitrogens is 1. The van der Waals surface area contributed by atoms with Gasteiger partial charge in [-0.15, -0.1) is 0 Å². The van der Waals surface area contributed by atoms with Gasteiger partial charge in [-0.05, 0) is 6.04 Å². The first-order valence-corrected chi connectivity index (χ1v) is 3.83. The van der Waals surface area contributed by atoms with Crippen molar-refractivity contribution in [2.75, 3.05) is 31.0 Å². The van der Waals surface area contributed by atoms with Crippen molar-refractivity contribution in [3.8, 4) is 0 Å². The van der Waals surface area contributed by atoms with Crippen LogP contribution in [0.25, 0.3) is 0 Å². The van der Waals surface area contributed by atoms with Gasteiger partial charge >= 0.3 is 7.12 Å². The Morgan fingerprint density at radius 1 is 1.47 bits per heavy atom. The van der Waals surface area contributed by atoms with Crippen molar-refractivity contribution in [1.29, 1.82) is 0 Å². The Morgan fingerprint density at radius 3 is 2.87 bits per heavy atom. The van der Waals surface area contributed by atoms with E-state index in [0.29, 0.717) is 0 Å². The Morgan fingerprint density at radius 2 is 2.20 bits per heavy atom. The van der Waals surface area contributed by atoms with Crippen molar-refractivity contribution >= 4 is 18.3 Å². The van der Waals surface area contributed by atoms with Crippen LogP contribution >= 0.6 is 0 Å². The summed E-state index contributed by atoms with van der Waals surface area (Å²) in [5.74, 6) is 0. The van der Waals surface area contributed by atoms with Gasteiger partial charge in [0.25, 0.3) is 0 Å². The molecular weight excluding hydrogens is 195 g/mol. The lowest BCUT2D eigenvalue weighted by molar-refractivity contribution is 0.122.